The van der Waals surface area contributed by atoms with E-state index in [1.807, 2.05) is 0 Å². The van der Waals surface area contributed by atoms with Crippen LogP contribution in [0.5, 0.6) is 0 Å². The van der Waals surface area contributed by atoms with Crippen LogP contribution in [0.25, 0.3) is 0 Å². The lowest BCUT2D eigenvalue weighted by atomic mass is 9.93. The molecule has 6 heteroatoms. The van der Waals surface area contributed by atoms with Gasteiger partial charge in [-0.3, -0.25) is 5.32 Å². The Balaban J connectivity index is 3.14. The van der Waals surface area contributed by atoms with E-state index in [1.54, 1.807) is 34.6 Å². The fraction of sp³-hybridized carbons (Fsp3) is 0.467. The number of isocyanates is 1. The minimum atomic E-state index is -1.02. The van der Waals surface area contributed by atoms with Gasteiger partial charge in [0.2, 0.25) is 6.08 Å². The van der Waals surface area contributed by atoms with Crippen molar-refractivity contribution in [1.29, 1.82) is 0 Å². The number of carbonyl (C=O) groups is 1. The Labute approximate surface area is 123 Å². The highest BCUT2D eigenvalue weighted by Gasteiger charge is 2.25. The SMILES string of the molecule is CC(C)(C)OC(=O)Nc1ccc(F)cc1C(C)(C)N=C=O. The second-order valence-electron chi connectivity index (χ2n) is 6.08. The summed E-state index contributed by atoms with van der Waals surface area (Å²) >= 11 is 0. The summed E-state index contributed by atoms with van der Waals surface area (Å²) in [6.45, 7) is 8.44. The molecule has 0 unspecified atom stereocenters. The van der Waals surface area contributed by atoms with E-state index in [2.05, 4.69) is 10.3 Å². The number of halogens is 1. The molecule has 1 N–H and O–H groups in total. The van der Waals surface area contributed by atoms with E-state index in [4.69, 9.17) is 4.74 Å². The summed E-state index contributed by atoms with van der Waals surface area (Å²) < 4.78 is 18.6. The molecule has 0 saturated heterocycles. The Hall–Kier alpha value is -2.20. The Morgan fingerprint density at radius 1 is 1.29 bits per heavy atom. The van der Waals surface area contributed by atoms with Crippen molar-refractivity contribution < 1.29 is 18.7 Å². The molecule has 0 bridgehead atoms. The Morgan fingerprint density at radius 3 is 2.43 bits per heavy atom. The van der Waals surface area contributed by atoms with Crippen LogP contribution in [-0.4, -0.2) is 17.8 Å². The van der Waals surface area contributed by atoms with Crippen LogP contribution < -0.4 is 5.32 Å². The number of rotatable bonds is 3. The first-order valence-corrected chi connectivity index (χ1v) is 6.44. The number of ether oxygens (including phenoxy) is 1. The van der Waals surface area contributed by atoms with Crippen molar-refractivity contribution in [1.82, 2.24) is 0 Å². The molecule has 1 amide bonds. The van der Waals surface area contributed by atoms with Crippen molar-refractivity contribution in [2.75, 3.05) is 5.32 Å². The molecule has 0 aliphatic heterocycles. The summed E-state index contributed by atoms with van der Waals surface area (Å²) in [5.41, 5.74) is -0.985. The quantitative estimate of drug-likeness (QED) is 0.682. The molecule has 1 aromatic carbocycles. The summed E-state index contributed by atoms with van der Waals surface area (Å²) in [4.78, 5) is 26.0. The van der Waals surface area contributed by atoms with Crippen molar-refractivity contribution in [3.05, 3.63) is 29.6 Å². The number of amides is 1. The molecule has 1 aromatic rings. The highest BCUT2D eigenvalue weighted by molar-refractivity contribution is 5.86. The van der Waals surface area contributed by atoms with E-state index >= 15 is 0 Å². The number of anilines is 1. The van der Waals surface area contributed by atoms with Crippen LogP contribution in [0.2, 0.25) is 0 Å². The number of carbonyl (C=O) groups excluding carboxylic acids is 2. The molecule has 1 rings (SSSR count). The lowest BCUT2D eigenvalue weighted by Crippen LogP contribution is -2.28. The van der Waals surface area contributed by atoms with Gasteiger partial charge in [-0.15, -0.1) is 0 Å². The van der Waals surface area contributed by atoms with Gasteiger partial charge >= 0.3 is 6.09 Å². The summed E-state index contributed by atoms with van der Waals surface area (Å²) in [6.07, 6.45) is 0.788. The maximum Gasteiger partial charge on any atom is 0.412 e. The smallest absolute Gasteiger partial charge is 0.412 e. The van der Waals surface area contributed by atoms with Crippen molar-refractivity contribution in [3.63, 3.8) is 0 Å². The number of nitrogens with zero attached hydrogens (tertiary/aromatic N) is 1. The molecule has 5 nitrogen and oxygen atoms in total. The first-order chi connectivity index (χ1) is 9.55. The number of aliphatic imine (C=N–C) groups is 1. The maximum absolute atomic E-state index is 13.4. The van der Waals surface area contributed by atoms with Gasteiger partial charge in [0.25, 0.3) is 0 Å². The second-order valence-corrected chi connectivity index (χ2v) is 6.08. The molecule has 0 heterocycles. The lowest BCUT2D eigenvalue weighted by Gasteiger charge is -2.24. The van der Waals surface area contributed by atoms with Crippen LogP contribution >= 0.6 is 0 Å². The maximum atomic E-state index is 13.4. The molecule has 0 aromatic heterocycles. The van der Waals surface area contributed by atoms with Gasteiger partial charge in [-0.25, -0.2) is 14.0 Å². The van der Waals surface area contributed by atoms with E-state index < -0.39 is 23.1 Å². The van der Waals surface area contributed by atoms with Gasteiger partial charge in [-0.2, -0.15) is 4.99 Å². The lowest BCUT2D eigenvalue weighted by molar-refractivity contribution is 0.0635. The van der Waals surface area contributed by atoms with Crippen molar-refractivity contribution in [2.24, 2.45) is 4.99 Å². The van der Waals surface area contributed by atoms with Gasteiger partial charge in [0, 0.05) is 11.3 Å². The normalized spacial score (nSPS) is 11.5. The first kappa shape index (κ1) is 16.9. The summed E-state index contributed by atoms with van der Waals surface area (Å²) in [5.74, 6) is -0.492. The molecule has 0 saturated carbocycles. The zero-order chi connectivity index (χ0) is 16.3. The van der Waals surface area contributed by atoms with Gasteiger partial charge in [-0.1, -0.05) is 0 Å². The molecule has 0 fully saturated rings. The largest absolute Gasteiger partial charge is 0.444 e. The van der Waals surface area contributed by atoms with Crippen molar-refractivity contribution >= 4 is 17.9 Å². The molecular weight excluding hydrogens is 275 g/mol. The van der Waals surface area contributed by atoms with Crippen LogP contribution in [0.4, 0.5) is 14.9 Å². The van der Waals surface area contributed by atoms with Crippen LogP contribution in [0, 0.1) is 5.82 Å². The minimum Gasteiger partial charge on any atom is -0.444 e. The van der Waals surface area contributed by atoms with Gasteiger partial charge < -0.3 is 4.74 Å². The van der Waals surface area contributed by atoms with E-state index in [-0.39, 0.29) is 0 Å². The molecule has 0 spiro atoms. The zero-order valence-electron chi connectivity index (χ0n) is 12.8. The molecule has 21 heavy (non-hydrogen) atoms. The third kappa shape index (κ3) is 5.00. The van der Waals surface area contributed by atoms with Crippen LogP contribution in [0.1, 0.15) is 40.2 Å². The first-order valence-electron chi connectivity index (χ1n) is 6.44. The molecule has 0 aliphatic rings. The predicted molar refractivity (Wildman–Crippen MR) is 77.4 cm³/mol. The Morgan fingerprint density at radius 2 is 1.90 bits per heavy atom. The summed E-state index contributed by atoms with van der Waals surface area (Å²) in [6, 6.07) is 3.82. The summed E-state index contributed by atoms with van der Waals surface area (Å²) in [5, 5.41) is 2.54. The Bertz CT molecular complexity index is 585. The van der Waals surface area contributed by atoms with Gasteiger partial charge in [0.15, 0.2) is 0 Å². The van der Waals surface area contributed by atoms with E-state index in [1.165, 1.54) is 24.3 Å². The highest BCUT2D eigenvalue weighted by atomic mass is 19.1. The third-order valence-electron chi connectivity index (χ3n) is 2.60. The summed E-state index contributed by atoms with van der Waals surface area (Å²) in [7, 11) is 0. The van der Waals surface area contributed by atoms with E-state index in [9.17, 15) is 14.0 Å². The van der Waals surface area contributed by atoms with Gasteiger partial charge in [-0.05, 0) is 52.8 Å². The second kappa shape index (κ2) is 6.06. The topological polar surface area (TPSA) is 67.8 Å². The van der Waals surface area contributed by atoms with Gasteiger partial charge in [0.05, 0.1) is 5.54 Å². The molecule has 0 atom stereocenters. The monoisotopic (exact) mass is 294 g/mol. The predicted octanol–water partition coefficient (Wildman–Crippen LogP) is 3.74. The fourth-order valence-electron chi connectivity index (χ4n) is 1.72. The fourth-order valence-corrected chi connectivity index (χ4v) is 1.72. The number of hydrogen-bond acceptors (Lipinski definition) is 4. The molecular formula is C15H19FN2O3. The van der Waals surface area contributed by atoms with Crippen LogP contribution in [-0.2, 0) is 15.1 Å². The highest BCUT2D eigenvalue weighted by Crippen LogP contribution is 2.32. The average Bonchev–Trinajstić information content (AvgIpc) is 2.28. The zero-order valence-corrected chi connectivity index (χ0v) is 12.8. The van der Waals surface area contributed by atoms with Crippen molar-refractivity contribution in [2.45, 2.75) is 45.8 Å². The van der Waals surface area contributed by atoms with Gasteiger partial charge in [0.1, 0.15) is 11.4 Å². The standard InChI is InChI=1S/C15H19FN2O3/c1-14(2,3)21-13(20)18-12-7-6-10(16)8-11(12)15(4,5)17-9-19/h6-8H,1-5H3,(H,18,20). The third-order valence-corrected chi connectivity index (χ3v) is 2.60. The van der Waals surface area contributed by atoms with Crippen molar-refractivity contribution in [3.8, 4) is 0 Å². The van der Waals surface area contributed by atoms with E-state index in [0.717, 1.165) is 0 Å². The number of benzene rings is 1. The number of nitrogens with one attached hydrogen (secondary N) is 1. The van der Waals surface area contributed by atoms with E-state index in [0.29, 0.717) is 11.3 Å². The Kier molecular flexibility index (Phi) is 4.86. The molecule has 0 aliphatic carbocycles. The molecule has 0 radical (unpaired) electrons. The van der Waals surface area contributed by atoms with Crippen LogP contribution in [0.15, 0.2) is 23.2 Å². The van der Waals surface area contributed by atoms with Crippen LogP contribution in [0.3, 0.4) is 0 Å². The average molecular weight is 294 g/mol. The minimum absolute atomic E-state index is 0.328. The molecule has 114 valence electrons. The number of hydrogen-bond donors (Lipinski definition) is 1.